The van der Waals surface area contributed by atoms with Crippen molar-refractivity contribution in [2.75, 3.05) is 0 Å². The number of nitriles is 1. The molecule has 0 radical (unpaired) electrons. The maximum absolute atomic E-state index is 12.5. The maximum atomic E-state index is 12.5. The van der Waals surface area contributed by atoms with Gasteiger partial charge in [0.05, 0.1) is 11.3 Å². The Morgan fingerprint density at radius 3 is 2.58 bits per heavy atom. The molecule has 0 spiro atoms. The zero-order valence-electron chi connectivity index (χ0n) is 15.7. The smallest absolute Gasteiger partial charge is 0.234 e. The van der Waals surface area contributed by atoms with Crippen molar-refractivity contribution in [1.82, 2.24) is 20.1 Å². The molecule has 2 rings (SSSR count). The average molecular weight is 379 g/mol. The van der Waals surface area contributed by atoms with Crippen molar-refractivity contribution in [2.45, 2.75) is 75.4 Å². The number of nitrogens with one attached hydrogen (secondary N) is 1. The Balaban J connectivity index is 2.10. The number of amides is 2. The second-order valence-electron chi connectivity index (χ2n) is 7.20. The van der Waals surface area contributed by atoms with Crippen molar-refractivity contribution >= 4 is 23.6 Å². The first kappa shape index (κ1) is 20.2. The van der Waals surface area contributed by atoms with Crippen LogP contribution in [0.2, 0.25) is 0 Å². The molecule has 8 nitrogen and oxygen atoms in total. The second-order valence-corrected chi connectivity index (χ2v) is 8.51. The molecule has 0 aliphatic heterocycles. The Labute approximate surface area is 157 Å². The van der Waals surface area contributed by atoms with E-state index in [1.165, 1.54) is 11.8 Å². The lowest BCUT2D eigenvalue weighted by atomic mass is 9.90. The van der Waals surface area contributed by atoms with Crippen molar-refractivity contribution in [3.63, 3.8) is 0 Å². The molecule has 26 heavy (non-hydrogen) atoms. The third kappa shape index (κ3) is 4.75. The maximum Gasteiger partial charge on any atom is 0.234 e. The minimum atomic E-state index is -0.926. The first-order valence-electron chi connectivity index (χ1n) is 8.79. The summed E-state index contributed by atoms with van der Waals surface area (Å²) < 4.78 is 1.89. The Hall–Kier alpha value is -2.08. The van der Waals surface area contributed by atoms with E-state index >= 15 is 0 Å². The lowest BCUT2D eigenvalue weighted by Crippen LogP contribution is -2.51. The van der Waals surface area contributed by atoms with Crippen molar-refractivity contribution in [3.05, 3.63) is 5.82 Å². The molecule has 2 atom stereocenters. The number of aromatic nitrogens is 3. The van der Waals surface area contributed by atoms with Gasteiger partial charge in [-0.15, -0.1) is 10.2 Å². The summed E-state index contributed by atoms with van der Waals surface area (Å²) in [6.07, 6.45) is 2.32. The van der Waals surface area contributed by atoms with E-state index in [9.17, 15) is 14.9 Å². The van der Waals surface area contributed by atoms with E-state index in [-0.39, 0.29) is 24.2 Å². The standard InChI is InChI=1S/C17H26N6O2S/c1-10(2)17(4,9-18)20-15(25)11(3)26-16-22-21-14(12-5-6-12)23(16)8-7-13(19)24/h10-12H,5-8H2,1-4H3,(H2,19,24)(H,20,25)/t11-,17-/m1/s1. The SMILES string of the molecule is CC(C)[C@@](C)(C#N)NC(=O)[C@@H](C)Sc1nnc(C2CC2)n1CCC(N)=O. The minimum absolute atomic E-state index is 0.0191. The first-order valence-corrected chi connectivity index (χ1v) is 9.67. The Kier molecular flexibility index (Phi) is 6.29. The normalized spacial score (nSPS) is 17.4. The summed E-state index contributed by atoms with van der Waals surface area (Å²) >= 11 is 1.27. The van der Waals surface area contributed by atoms with Crippen molar-refractivity contribution in [3.8, 4) is 6.07 Å². The summed E-state index contributed by atoms with van der Waals surface area (Å²) in [5.74, 6) is 0.588. The lowest BCUT2D eigenvalue weighted by molar-refractivity contribution is -0.122. The number of rotatable bonds is 9. The van der Waals surface area contributed by atoms with Crippen molar-refractivity contribution in [1.29, 1.82) is 5.26 Å². The number of primary amides is 1. The molecule has 0 unspecified atom stereocenters. The molecule has 2 amide bonds. The van der Waals surface area contributed by atoms with E-state index in [0.717, 1.165) is 18.7 Å². The monoisotopic (exact) mass is 378 g/mol. The van der Waals surface area contributed by atoms with Gasteiger partial charge in [-0.25, -0.2) is 0 Å². The fourth-order valence-corrected chi connectivity index (χ4v) is 3.22. The molecular weight excluding hydrogens is 352 g/mol. The number of carbonyl (C=O) groups excluding carboxylic acids is 2. The topological polar surface area (TPSA) is 127 Å². The third-order valence-electron chi connectivity index (χ3n) is 4.69. The third-order valence-corrected chi connectivity index (χ3v) is 5.77. The molecule has 1 saturated carbocycles. The summed E-state index contributed by atoms with van der Waals surface area (Å²) in [4.78, 5) is 23.7. The van der Waals surface area contributed by atoms with E-state index in [1.54, 1.807) is 13.8 Å². The zero-order valence-corrected chi connectivity index (χ0v) is 16.5. The number of nitrogens with two attached hydrogens (primary N) is 1. The van der Waals surface area contributed by atoms with Crippen molar-refractivity contribution in [2.24, 2.45) is 11.7 Å². The van der Waals surface area contributed by atoms with Crippen LogP contribution < -0.4 is 11.1 Å². The van der Waals surface area contributed by atoms with Crippen LogP contribution in [0.15, 0.2) is 5.16 Å². The number of hydrogen-bond acceptors (Lipinski definition) is 6. The van der Waals surface area contributed by atoms with Gasteiger partial charge >= 0.3 is 0 Å². The highest BCUT2D eigenvalue weighted by atomic mass is 32.2. The van der Waals surface area contributed by atoms with E-state index in [0.29, 0.717) is 17.6 Å². The largest absolute Gasteiger partial charge is 0.370 e. The molecule has 1 aliphatic rings. The summed E-state index contributed by atoms with van der Waals surface area (Å²) in [7, 11) is 0. The van der Waals surface area contributed by atoms with Crippen LogP contribution in [0.4, 0.5) is 0 Å². The summed E-state index contributed by atoms with van der Waals surface area (Å²) in [5.41, 5.74) is 4.34. The zero-order chi connectivity index (χ0) is 19.5. The van der Waals surface area contributed by atoms with Crippen molar-refractivity contribution < 1.29 is 9.59 Å². The van der Waals surface area contributed by atoms with Crippen LogP contribution in [0.1, 0.15) is 58.7 Å². The summed E-state index contributed by atoms with van der Waals surface area (Å²) in [5, 5.41) is 20.8. The molecule has 0 saturated heterocycles. The molecule has 9 heteroatoms. The van der Waals surface area contributed by atoms with Crippen LogP contribution in [-0.4, -0.2) is 37.4 Å². The molecule has 1 heterocycles. The molecule has 1 aliphatic carbocycles. The van der Waals surface area contributed by atoms with Gasteiger partial charge in [0, 0.05) is 18.9 Å². The lowest BCUT2D eigenvalue weighted by Gasteiger charge is -2.28. The quantitative estimate of drug-likeness (QED) is 0.628. The predicted molar refractivity (Wildman–Crippen MR) is 98.1 cm³/mol. The second kappa shape index (κ2) is 8.08. The number of nitrogens with zero attached hydrogens (tertiary/aromatic N) is 4. The summed E-state index contributed by atoms with van der Waals surface area (Å²) in [6, 6.07) is 2.17. The van der Waals surface area contributed by atoms with Crippen LogP contribution in [-0.2, 0) is 16.1 Å². The molecule has 0 bridgehead atoms. The van der Waals surface area contributed by atoms with Gasteiger partial charge in [0.25, 0.3) is 0 Å². The minimum Gasteiger partial charge on any atom is -0.370 e. The molecular formula is C17H26N6O2S. The van der Waals surface area contributed by atoms with Crippen LogP contribution in [0, 0.1) is 17.2 Å². The predicted octanol–water partition coefficient (Wildman–Crippen LogP) is 1.57. The molecule has 3 N–H and O–H groups in total. The fourth-order valence-electron chi connectivity index (χ4n) is 2.33. The Morgan fingerprint density at radius 1 is 1.42 bits per heavy atom. The average Bonchev–Trinajstić information content (AvgIpc) is 3.34. The van der Waals surface area contributed by atoms with Gasteiger partial charge in [0.15, 0.2) is 5.16 Å². The van der Waals surface area contributed by atoms with Crippen LogP contribution in [0.5, 0.6) is 0 Å². The van der Waals surface area contributed by atoms with Crippen LogP contribution in [0.25, 0.3) is 0 Å². The highest BCUT2D eigenvalue weighted by molar-refractivity contribution is 8.00. The highest BCUT2D eigenvalue weighted by Crippen LogP contribution is 2.40. The molecule has 1 aromatic heterocycles. The number of carbonyl (C=O) groups is 2. The van der Waals surface area contributed by atoms with Gasteiger partial charge in [0.2, 0.25) is 11.8 Å². The van der Waals surface area contributed by atoms with E-state index in [2.05, 4.69) is 21.6 Å². The number of thioether (sulfide) groups is 1. The fraction of sp³-hybridized carbons (Fsp3) is 0.706. The van der Waals surface area contributed by atoms with Crippen LogP contribution >= 0.6 is 11.8 Å². The molecule has 142 valence electrons. The molecule has 1 fully saturated rings. The Bertz CT molecular complexity index is 721. The Morgan fingerprint density at radius 2 is 2.08 bits per heavy atom. The number of hydrogen-bond donors (Lipinski definition) is 2. The highest BCUT2D eigenvalue weighted by Gasteiger charge is 2.34. The summed E-state index contributed by atoms with van der Waals surface area (Å²) in [6.45, 7) is 7.68. The van der Waals surface area contributed by atoms with Gasteiger partial charge in [-0.3, -0.25) is 9.59 Å². The van der Waals surface area contributed by atoms with Gasteiger partial charge in [-0.2, -0.15) is 5.26 Å². The van der Waals surface area contributed by atoms with E-state index in [4.69, 9.17) is 5.73 Å². The van der Waals surface area contributed by atoms with Gasteiger partial charge in [-0.1, -0.05) is 25.6 Å². The van der Waals surface area contributed by atoms with E-state index in [1.807, 2.05) is 18.4 Å². The van der Waals surface area contributed by atoms with Crippen LogP contribution in [0.3, 0.4) is 0 Å². The molecule has 1 aromatic rings. The van der Waals surface area contributed by atoms with Gasteiger partial charge in [-0.05, 0) is 32.6 Å². The van der Waals surface area contributed by atoms with Gasteiger partial charge < -0.3 is 15.6 Å². The first-order chi connectivity index (χ1) is 12.2. The van der Waals surface area contributed by atoms with Gasteiger partial charge in [0.1, 0.15) is 11.4 Å². The van der Waals surface area contributed by atoms with E-state index < -0.39 is 10.8 Å². The molecule has 0 aromatic carbocycles.